The molecule has 1 aromatic heterocycles. The molecule has 2 aromatic carbocycles. The van der Waals surface area contributed by atoms with Crippen molar-refractivity contribution in [1.29, 1.82) is 0 Å². The third kappa shape index (κ3) is 4.83. The Hall–Kier alpha value is -2.93. The van der Waals surface area contributed by atoms with E-state index in [1.807, 2.05) is 43.3 Å². The van der Waals surface area contributed by atoms with Crippen molar-refractivity contribution in [1.82, 2.24) is 14.9 Å². The average Bonchev–Trinajstić information content (AvgIpc) is 3.07. The first-order valence-electron chi connectivity index (χ1n) is 8.76. The lowest BCUT2D eigenvalue weighted by Gasteiger charge is -2.11. The van der Waals surface area contributed by atoms with E-state index in [-0.39, 0.29) is 0 Å². The lowest BCUT2D eigenvalue weighted by molar-refractivity contribution is 0.297. The summed E-state index contributed by atoms with van der Waals surface area (Å²) >= 11 is 5.20. The minimum Gasteiger partial charge on any atom is -0.493 e. The Labute approximate surface area is 163 Å². The Morgan fingerprint density at radius 3 is 2.74 bits per heavy atom. The summed E-state index contributed by atoms with van der Waals surface area (Å²) in [6.07, 6.45) is 3.30. The summed E-state index contributed by atoms with van der Waals surface area (Å²) in [4.78, 5) is 0. The molecule has 0 aliphatic rings. The number of methoxy groups -OCH3 is 1. The summed E-state index contributed by atoms with van der Waals surface area (Å²) in [7, 11) is 1.63. The van der Waals surface area contributed by atoms with E-state index < -0.39 is 0 Å². The largest absolute Gasteiger partial charge is 0.493 e. The summed E-state index contributed by atoms with van der Waals surface area (Å²) in [6.45, 7) is 2.58. The monoisotopic (exact) mass is 382 g/mol. The van der Waals surface area contributed by atoms with Crippen LogP contribution in [-0.2, 0) is 12.8 Å². The van der Waals surface area contributed by atoms with Crippen molar-refractivity contribution in [3.8, 4) is 11.5 Å². The fraction of sp³-hybridized carbons (Fsp3) is 0.250. The van der Waals surface area contributed by atoms with Crippen molar-refractivity contribution in [2.75, 3.05) is 13.7 Å². The summed E-state index contributed by atoms with van der Waals surface area (Å²) in [5.74, 6) is 2.15. The Morgan fingerprint density at radius 2 is 2.00 bits per heavy atom. The van der Waals surface area contributed by atoms with E-state index in [0.717, 1.165) is 24.2 Å². The molecule has 27 heavy (non-hydrogen) atoms. The van der Waals surface area contributed by atoms with E-state index in [1.54, 1.807) is 18.0 Å². The highest BCUT2D eigenvalue weighted by molar-refractivity contribution is 7.71. The van der Waals surface area contributed by atoms with Gasteiger partial charge in [-0.2, -0.15) is 14.9 Å². The molecule has 6 nitrogen and oxygen atoms in total. The van der Waals surface area contributed by atoms with Gasteiger partial charge in [-0.15, -0.1) is 0 Å². The smallest absolute Gasteiger partial charge is 0.216 e. The third-order valence-electron chi connectivity index (χ3n) is 4.03. The quantitative estimate of drug-likeness (QED) is 0.472. The van der Waals surface area contributed by atoms with Gasteiger partial charge in [0.05, 0.1) is 19.9 Å². The molecule has 3 aromatic rings. The number of hydrogen-bond donors (Lipinski definition) is 1. The van der Waals surface area contributed by atoms with Gasteiger partial charge in [-0.05, 0) is 41.5 Å². The predicted molar refractivity (Wildman–Crippen MR) is 108 cm³/mol. The minimum absolute atomic E-state index is 0.468. The summed E-state index contributed by atoms with van der Waals surface area (Å²) in [6, 6.07) is 15.9. The van der Waals surface area contributed by atoms with Gasteiger partial charge in [-0.1, -0.05) is 37.3 Å². The predicted octanol–water partition coefficient (Wildman–Crippen LogP) is 4.02. The molecule has 0 saturated carbocycles. The highest BCUT2D eigenvalue weighted by Crippen LogP contribution is 2.27. The average molecular weight is 382 g/mol. The molecule has 0 bridgehead atoms. The lowest BCUT2D eigenvalue weighted by Crippen LogP contribution is -2.03. The summed E-state index contributed by atoms with van der Waals surface area (Å²) in [5, 5.41) is 11.3. The molecule has 140 valence electrons. The number of rotatable bonds is 8. The van der Waals surface area contributed by atoms with Gasteiger partial charge >= 0.3 is 0 Å². The molecular weight excluding hydrogens is 360 g/mol. The summed E-state index contributed by atoms with van der Waals surface area (Å²) < 4.78 is 13.4. The molecule has 0 atom stereocenters. The molecule has 0 amide bonds. The van der Waals surface area contributed by atoms with Crippen LogP contribution in [-0.4, -0.2) is 34.8 Å². The first-order valence-corrected chi connectivity index (χ1v) is 9.17. The van der Waals surface area contributed by atoms with Crippen molar-refractivity contribution in [2.45, 2.75) is 19.8 Å². The topological polar surface area (TPSA) is 64.4 Å². The van der Waals surface area contributed by atoms with Gasteiger partial charge in [-0.3, -0.25) is 5.10 Å². The van der Waals surface area contributed by atoms with Gasteiger partial charge in [0.25, 0.3) is 0 Å². The second-order valence-corrected chi connectivity index (χ2v) is 6.24. The molecule has 0 spiro atoms. The highest BCUT2D eigenvalue weighted by Gasteiger charge is 2.06. The zero-order chi connectivity index (χ0) is 19.1. The maximum absolute atomic E-state index is 5.89. The van der Waals surface area contributed by atoms with Crippen LogP contribution < -0.4 is 9.47 Å². The van der Waals surface area contributed by atoms with E-state index in [2.05, 4.69) is 27.4 Å². The van der Waals surface area contributed by atoms with Crippen molar-refractivity contribution in [2.24, 2.45) is 5.10 Å². The number of benzene rings is 2. The van der Waals surface area contributed by atoms with Gasteiger partial charge < -0.3 is 9.47 Å². The van der Waals surface area contributed by atoms with Crippen LogP contribution in [0.1, 0.15) is 23.9 Å². The third-order valence-corrected chi connectivity index (χ3v) is 4.30. The number of ether oxygens (including phenoxy) is 2. The van der Waals surface area contributed by atoms with Crippen LogP contribution in [0.5, 0.6) is 11.5 Å². The molecule has 7 heteroatoms. The molecule has 0 unspecified atom stereocenters. The number of aromatic nitrogens is 3. The molecule has 0 aliphatic carbocycles. The Kier molecular flexibility index (Phi) is 6.38. The van der Waals surface area contributed by atoms with E-state index in [0.29, 0.717) is 22.9 Å². The first kappa shape index (κ1) is 18.8. The van der Waals surface area contributed by atoms with Crippen LogP contribution in [0.15, 0.2) is 53.6 Å². The highest BCUT2D eigenvalue weighted by atomic mass is 32.1. The number of hydrogen-bond acceptors (Lipinski definition) is 5. The second-order valence-electron chi connectivity index (χ2n) is 5.85. The Balaban J connectivity index is 1.69. The van der Waals surface area contributed by atoms with Gasteiger partial charge in [0.1, 0.15) is 0 Å². The fourth-order valence-corrected chi connectivity index (χ4v) is 2.80. The van der Waals surface area contributed by atoms with E-state index in [4.69, 9.17) is 21.7 Å². The normalized spacial score (nSPS) is 11.0. The van der Waals surface area contributed by atoms with Crippen molar-refractivity contribution < 1.29 is 9.47 Å². The fourth-order valence-electron chi connectivity index (χ4n) is 2.60. The second kappa shape index (κ2) is 9.14. The van der Waals surface area contributed by atoms with Gasteiger partial charge in [0.15, 0.2) is 17.3 Å². The standard InChI is InChI=1S/C20H22N4O2S/c1-3-19-22-23-20(27)24(19)21-14-16-9-10-17(18(13-16)25-2)26-12-11-15-7-5-4-6-8-15/h4-10,13-14H,3,11-12H2,1-2H3,(H,23,27)/b21-14+. The molecule has 1 N–H and O–H groups in total. The molecule has 0 saturated heterocycles. The van der Waals surface area contributed by atoms with Crippen molar-refractivity contribution in [3.05, 3.63) is 70.3 Å². The first-order chi connectivity index (χ1) is 13.2. The maximum Gasteiger partial charge on any atom is 0.216 e. The molecule has 0 aliphatic heterocycles. The van der Waals surface area contributed by atoms with Crippen LogP contribution in [0.2, 0.25) is 0 Å². The number of nitrogens with zero attached hydrogens (tertiary/aromatic N) is 3. The van der Waals surface area contributed by atoms with Crippen LogP contribution in [0.4, 0.5) is 0 Å². The molecule has 1 heterocycles. The van der Waals surface area contributed by atoms with Crippen LogP contribution in [0.25, 0.3) is 0 Å². The number of nitrogens with one attached hydrogen (secondary N) is 1. The number of aryl methyl sites for hydroxylation is 1. The van der Waals surface area contributed by atoms with Gasteiger partial charge in [0, 0.05) is 12.8 Å². The van der Waals surface area contributed by atoms with Crippen LogP contribution in [0, 0.1) is 4.77 Å². The van der Waals surface area contributed by atoms with Crippen LogP contribution >= 0.6 is 12.2 Å². The van der Waals surface area contributed by atoms with Gasteiger partial charge in [0.2, 0.25) is 4.77 Å². The Bertz CT molecular complexity index is 964. The SMILES string of the molecule is CCc1n[nH]c(=S)n1/N=C/c1ccc(OCCc2ccccc2)c(OC)c1. The minimum atomic E-state index is 0.468. The lowest BCUT2D eigenvalue weighted by atomic mass is 10.2. The molecule has 3 rings (SSSR count). The van der Waals surface area contributed by atoms with E-state index in [1.165, 1.54) is 5.56 Å². The maximum atomic E-state index is 5.89. The number of aromatic amines is 1. The van der Waals surface area contributed by atoms with E-state index >= 15 is 0 Å². The Morgan fingerprint density at radius 1 is 1.19 bits per heavy atom. The van der Waals surface area contributed by atoms with E-state index in [9.17, 15) is 0 Å². The van der Waals surface area contributed by atoms with Crippen LogP contribution in [0.3, 0.4) is 0 Å². The molecular formula is C20H22N4O2S. The molecule has 0 fully saturated rings. The van der Waals surface area contributed by atoms with Crippen molar-refractivity contribution >= 4 is 18.4 Å². The number of H-pyrrole nitrogens is 1. The zero-order valence-corrected chi connectivity index (χ0v) is 16.2. The zero-order valence-electron chi connectivity index (χ0n) is 15.4. The molecule has 0 radical (unpaired) electrons. The van der Waals surface area contributed by atoms with Crippen molar-refractivity contribution in [3.63, 3.8) is 0 Å². The van der Waals surface area contributed by atoms with Gasteiger partial charge in [-0.25, -0.2) is 0 Å². The summed E-state index contributed by atoms with van der Waals surface area (Å²) in [5.41, 5.74) is 2.12.